The summed E-state index contributed by atoms with van der Waals surface area (Å²) in [7, 11) is 0. The molecule has 1 atom stereocenters. The molecule has 0 heterocycles. The molecule has 0 rings (SSSR count). The molecule has 0 aromatic carbocycles. The fourth-order valence-corrected chi connectivity index (χ4v) is 5.32. The molecule has 0 aromatic heterocycles. The molecule has 0 aliphatic rings. The lowest BCUT2D eigenvalue weighted by Crippen LogP contribution is -2.49. The standard InChI is InChI=1S/C30H66N4O/c1-2-3-4-5-6-7-8-9-10-11-13-16-21-29(35)28-34-30(23-19-26-32,24-20-27-33)22-17-14-12-15-18-25-31/h29,34-35H,2-28,31-33H2,1H3. The number of hydrogen-bond acceptors (Lipinski definition) is 5. The van der Waals surface area contributed by atoms with Crippen molar-refractivity contribution in [2.45, 2.75) is 166 Å². The Labute approximate surface area is 220 Å². The first kappa shape index (κ1) is 34.8. The Kier molecular flexibility index (Phi) is 26.7. The van der Waals surface area contributed by atoms with Crippen LogP contribution in [0.5, 0.6) is 0 Å². The summed E-state index contributed by atoms with van der Waals surface area (Å²) in [6.07, 6.45) is 28.4. The predicted octanol–water partition coefficient (Wildman–Crippen LogP) is 6.54. The second kappa shape index (κ2) is 26.9. The van der Waals surface area contributed by atoms with Crippen LogP contribution < -0.4 is 22.5 Å². The zero-order valence-corrected chi connectivity index (χ0v) is 23.8. The molecule has 0 saturated carbocycles. The van der Waals surface area contributed by atoms with Gasteiger partial charge in [-0.15, -0.1) is 0 Å². The molecule has 0 spiro atoms. The van der Waals surface area contributed by atoms with Crippen molar-refractivity contribution in [2.24, 2.45) is 17.2 Å². The van der Waals surface area contributed by atoms with Crippen LogP contribution in [0.25, 0.3) is 0 Å². The van der Waals surface area contributed by atoms with Gasteiger partial charge < -0.3 is 27.6 Å². The van der Waals surface area contributed by atoms with Crippen LogP contribution in [0.1, 0.15) is 155 Å². The summed E-state index contributed by atoms with van der Waals surface area (Å²) >= 11 is 0. The topological polar surface area (TPSA) is 110 Å². The van der Waals surface area contributed by atoms with E-state index in [-0.39, 0.29) is 11.6 Å². The van der Waals surface area contributed by atoms with Gasteiger partial charge in [0.1, 0.15) is 0 Å². The van der Waals surface area contributed by atoms with Crippen LogP contribution in [0, 0.1) is 0 Å². The summed E-state index contributed by atoms with van der Waals surface area (Å²) in [4.78, 5) is 0. The van der Waals surface area contributed by atoms with Crippen LogP contribution in [0.15, 0.2) is 0 Å². The molecular formula is C30H66N4O. The molecule has 0 aliphatic heterocycles. The van der Waals surface area contributed by atoms with Crippen molar-refractivity contribution >= 4 is 0 Å². The third-order valence-electron chi connectivity index (χ3n) is 7.68. The molecule has 8 N–H and O–H groups in total. The van der Waals surface area contributed by atoms with E-state index in [1.165, 1.54) is 96.3 Å². The minimum atomic E-state index is -0.252. The van der Waals surface area contributed by atoms with E-state index in [0.717, 1.165) is 71.0 Å². The second-order valence-electron chi connectivity index (χ2n) is 11.1. The predicted molar refractivity (Wildman–Crippen MR) is 156 cm³/mol. The average Bonchev–Trinajstić information content (AvgIpc) is 2.87. The summed E-state index contributed by atoms with van der Waals surface area (Å²) in [5.74, 6) is 0. The van der Waals surface area contributed by atoms with Crippen molar-refractivity contribution in [3.63, 3.8) is 0 Å². The maximum absolute atomic E-state index is 10.7. The van der Waals surface area contributed by atoms with Crippen LogP contribution in [0.2, 0.25) is 0 Å². The van der Waals surface area contributed by atoms with E-state index in [4.69, 9.17) is 17.2 Å². The molecule has 0 saturated heterocycles. The molecule has 0 aromatic rings. The van der Waals surface area contributed by atoms with Gasteiger partial charge in [0.25, 0.3) is 0 Å². The van der Waals surface area contributed by atoms with Crippen molar-refractivity contribution in [3.8, 4) is 0 Å². The fourth-order valence-electron chi connectivity index (χ4n) is 5.32. The Hall–Kier alpha value is -0.200. The van der Waals surface area contributed by atoms with E-state index < -0.39 is 0 Å². The molecule has 0 amide bonds. The third kappa shape index (κ3) is 22.7. The second-order valence-corrected chi connectivity index (χ2v) is 11.1. The summed E-state index contributed by atoms with van der Waals surface area (Å²) in [6.45, 7) is 5.23. The summed E-state index contributed by atoms with van der Waals surface area (Å²) in [5, 5.41) is 14.5. The molecule has 35 heavy (non-hydrogen) atoms. The Morgan fingerprint density at radius 2 is 0.943 bits per heavy atom. The quantitative estimate of drug-likeness (QED) is 0.0751. The van der Waals surface area contributed by atoms with Crippen molar-refractivity contribution < 1.29 is 5.11 Å². The molecule has 5 nitrogen and oxygen atoms in total. The smallest absolute Gasteiger partial charge is 0.0664 e. The highest BCUT2D eigenvalue weighted by Crippen LogP contribution is 2.27. The molecule has 1 unspecified atom stereocenters. The first-order valence-electron chi connectivity index (χ1n) is 15.7. The van der Waals surface area contributed by atoms with Crippen LogP contribution in [-0.4, -0.2) is 42.9 Å². The number of hydrogen-bond donors (Lipinski definition) is 5. The lowest BCUT2D eigenvalue weighted by Gasteiger charge is -2.37. The van der Waals surface area contributed by atoms with E-state index in [1.807, 2.05) is 0 Å². The Morgan fingerprint density at radius 3 is 1.43 bits per heavy atom. The van der Waals surface area contributed by atoms with Gasteiger partial charge in [0.15, 0.2) is 0 Å². The number of nitrogens with two attached hydrogens (primary N) is 3. The van der Waals surface area contributed by atoms with Gasteiger partial charge in [0, 0.05) is 12.1 Å². The monoisotopic (exact) mass is 499 g/mol. The molecule has 0 bridgehead atoms. The number of unbranched alkanes of at least 4 members (excludes halogenated alkanes) is 15. The number of aliphatic hydroxyl groups excluding tert-OH is 1. The number of aliphatic hydroxyl groups is 1. The zero-order valence-electron chi connectivity index (χ0n) is 23.8. The average molecular weight is 499 g/mol. The molecule has 0 aliphatic carbocycles. The maximum Gasteiger partial charge on any atom is 0.0664 e. The number of nitrogens with one attached hydrogen (secondary N) is 1. The molecule has 212 valence electrons. The highest BCUT2D eigenvalue weighted by Gasteiger charge is 2.28. The fraction of sp³-hybridized carbons (Fsp3) is 1.00. The van der Waals surface area contributed by atoms with Gasteiger partial charge in [-0.25, -0.2) is 0 Å². The van der Waals surface area contributed by atoms with Crippen molar-refractivity contribution in [2.75, 3.05) is 26.2 Å². The number of β-amino-alcohol motifs (C(OH)–C–C–N with tert-alkyl or cyclic N) is 1. The Balaban J connectivity index is 4.14. The highest BCUT2D eigenvalue weighted by atomic mass is 16.3. The first-order chi connectivity index (χ1) is 17.1. The normalized spacial score (nSPS) is 12.9. The molecule has 0 fully saturated rings. The molecular weight excluding hydrogens is 432 g/mol. The largest absolute Gasteiger partial charge is 0.392 e. The van der Waals surface area contributed by atoms with Crippen molar-refractivity contribution in [1.29, 1.82) is 0 Å². The van der Waals surface area contributed by atoms with Crippen LogP contribution in [0.4, 0.5) is 0 Å². The van der Waals surface area contributed by atoms with Gasteiger partial charge in [-0.3, -0.25) is 0 Å². The van der Waals surface area contributed by atoms with Gasteiger partial charge in [-0.2, -0.15) is 0 Å². The SMILES string of the molecule is CCCCCCCCCCCCCCC(O)CNC(CCCN)(CCCN)CCCCCCCN. The minimum Gasteiger partial charge on any atom is -0.392 e. The Bertz CT molecular complexity index is 400. The molecule has 5 heteroatoms. The van der Waals surface area contributed by atoms with E-state index in [2.05, 4.69) is 12.2 Å². The van der Waals surface area contributed by atoms with E-state index >= 15 is 0 Å². The number of rotatable bonds is 29. The summed E-state index contributed by atoms with van der Waals surface area (Å²) in [6, 6.07) is 0. The van der Waals surface area contributed by atoms with Crippen LogP contribution in [-0.2, 0) is 0 Å². The van der Waals surface area contributed by atoms with Crippen molar-refractivity contribution in [1.82, 2.24) is 5.32 Å². The lowest BCUT2D eigenvalue weighted by atomic mass is 9.82. The molecule has 0 radical (unpaired) electrons. The maximum atomic E-state index is 10.7. The lowest BCUT2D eigenvalue weighted by molar-refractivity contribution is 0.131. The van der Waals surface area contributed by atoms with Gasteiger partial charge in [-0.05, 0) is 64.6 Å². The van der Waals surface area contributed by atoms with Gasteiger partial charge in [-0.1, -0.05) is 110 Å². The summed E-state index contributed by atoms with van der Waals surface area (Å²) in [5.41, 5.74) is 17.4. The van der Waals surface area contributed by atoms with Gasteiger partial charge in [0.2, 0.25) is 0 Å². The van der Waals surface area contributed by atoms with E-state index in [0.29, 0.717) is 6.54 Å². The van der Waals surface area contributed by atoms with Crippen LogP contribution in [0.3, 0.4) is 0 Å². The van der Waals surface area contributed by atoms with Crippen LogP contribution >= 0.6 is 0 Å². The zero-order chi connectivity index (χ0) is 25.9. The minimum absolute atomic E-state index is 0.0735. The van der Waals surface area contributed by atoms with Crippen molar-refractivity contribution in [3.05, 3.63) is 0 Å². The van der Waals surface area contributed by atoms with Gasteiger partial charge in [0.05, 0.1) is 6.10 Å². The third-order valence-corrected chi connectivity index (χ3v) is 7.68. The van der Waals surface area contributed by atoms with E-state index in [9.17, 15) is 5.11 Å². The first-order valence-corrected chi connectivity index (χ1v) is 15.7. The van der Waals surface area contributed by atoms with E-state index in [1.54, 1.807) is 0 Å². The van der Waals surface area contributed by atoms with Gasteiger partial charge >= 0.3 is 0 Å². The highest BCUT2D eigenvalue weighted by molar-refractivity contribution is 4.89. The Morgan fingerprint density at radius 1 is 0.543 bits per heavy atom. The summed E-state index contributed by atoms with van der Waals surface area (Å²) < 4.78 is 0.